The van der Waals surface area contributed by atoms with Gasteiger partial charge < -0.3 is 9.66 Å². The van der Waals surface area contributed by atoms with Crippen LogP contribution in [-0.4, -0.2) is 24.7 Å². The zero-order valence-electron chi connectivity index (χ0n) is 13.5. The maximum atomic E-state index is 10.0. The second-order valence-electron chi connectivity index (χ2n) is 4.69. The third-order valence-corrected chi connectivity index (χ3v) is 3.19. The molecule has 0 saturated heterocycles. The molecule has 0 aliphatic rings. The van der Waals surface area contributed by atoms with Gasteiger partial charge in [0.1, 0.15) is 5.75 Å². The minimum absolute atomic E-state index is 0. The monoisotopic (exact) mass is 340 g/mol. The number of phenols is 1. The van der Waals surface area contributed by atoms with Gasteiger partial charge in [-0.2, -0.15) is 0 Å². The van der Waals surface area contributed by atoms with Gasteiger partial charge in [-0.1, -0.05) is 63.6 Å². The van der Waals surface area contributed by atoms with Gasteiger partial charge in [0.2, 0.25) is 10.4 Å². The summed E-state index contributed by atoms with van der Waals surface area (Å²) in [5.74, 6) is 0.322. The van der Waals surface area contributed by atoms with E-state index >= 15 is 0 Å². The Balaban J connectivity index is 0. The number of aromatic hydroxyl groups is 1. The van der Waals surface area contributed by atoms with Gasteiger partial charge in [0.25, 0.3) is 0 Å². The summed E-state index contributed by atoms with van der Waals surface area (Å²) < 4.78 is 34.2. The van der Waals surface area contributed by atoms with Gasteiger partial charge in [0.15, 0.2) is 0 Å². The van der Waals surface area contributed by atoms with Crippen LogP contribution in [0.4, 0.5) is 0 Å². The molecule has 0 atom stereocenters. The first kappa shape index (κ1) is 24.1. The number of rotatable bonds is 9. The SMILES string of the molecule is CCCCCCCCCOS(=O)(=O)[O-].Oc1ccccc1.[Na+]. The first-order valence-electron chi connectivity index (χ1n) is 7.30. The predicted octanol–water partition coefficient (Wildman–Crippen LogP) is 0.610. The van der Waals surface area contributed by atoms with Crippen molar-refractivity contribution in [2.45, 2.75) is 51.9 Å². The van der Waals surface area contributed by atoms with Crippen LogP contribution in [-0.2, 0) is 14.6 Å². The average molecular weight is 340 g/mol. The Morgan fingerprint density at radius 2 is 1.50 bits per heavy atom. The Hall–Kier alpha value is -0.110. The zero-order valence-corrected chi connectivity index (χ0v) is 16.3. The summed E-state index contributed by atoms with van der Waals surface area (Å²) in [6, 6.07) is 8.71. The summed E-state index contributed by atoms with van der Waals surface area (Å²) in [5.41, 5.74) is 0. The molecule has 1 aromatic rings. The summed E-state index contributed by atoms with van der Waals surface area (Å²) in [6.45, 7) is 2.19. The first-order chi connectivity index (χ1) is 9.95. The van der Waals surface area contributed by atoms with Gasteiger partial charge in [0, 0.05) is 0 Å². The summed E-state index contributed by atoms with van der Waals surface area (Å²) in [7, 11) is -4.48. The quantitative estimate of drug-likeness (QED) is 0.308. The molecule has 1 rings (SSSR count). The molecular formula is C15H25NaO5S. The molecule has 1 N–H and O–H groups in total. The first-order valence-corrected chi connectivity index (χ1v) is 8.63. The second-order valence-corrected chi connectivity index (χ2v) is 5.74. The molecule has 122 valence electrons. The van der Waals surface area contributed by atoms with E-state index in [0.29, 0.717) is 12.2 Å². The van der Waals surface area contributed by atoms with Crippen LogP contribution in [0.25, 0.3) is 0 Å². The third-order valence-electron chi connectivity index (χ3n) is 2.73. The topological polar surface area (TPSA) is 86.7 Å². The van der Waals surface area contributed by atoms with Crippen molar-refractivity contribution in [1.29, 1.82) is 0 Å². The van der Waals surface area contributed by atoms with E-state index in [9.17, 15) is 13.0 Å². The Morgan fingerprint density at radius 3 is 1.91 bits per heavy atom. The van der Waals surface area contributed by atoms with Crippen molar-refractivity contribution in [3.63, 3.8) is 0 Å². The van der Waals surface area contributed by atoms with Crippen molar-refractivity contribution in [1.82, 2.24) is 0 Å². The number of phenolic OH excluding ortho intramolecular Hbond substituents is 1. The third kappa shape index (κ3) is 19.9. The van der Waals surface area contributed by atoms with Crippen molar-refractivity contribution >= 4 is 10.4 Å². The van der Waals surface area contributed by atoms with E-state index in [4.69, 9.17) is 5.11 Å². The van der Waals surface area contributed by atoms with Crippen LogP contribution >= 0.6 is 0 Å². The molecule has 0 amide bonds. The molecule has 0 bridgehead atoms. The van der Waals surface area contributed by atoms with Crippen molar-refractivity contribution < 1.29 is 51.8 Å². The molecule has 0 aliphatic carbocycles. The van der Waals surface area contributed by atoms with Crippen LogP contribution in [0.5, 0.6) is 5.75 Å². The van der Waals surface area contributed by atoms with E-state index in [-0.39, 0.29) is 36.2 Å². The van der Waals surface area contributed by atoms with Crippen molar-refractivity contribution in [3.05, 3.63) is 30.3 Å². The summed E-state index contributed by atoms with van der Waals surface area (Å²) in [5, 5.41) is 8.63. The molecule has 0 radical (unpaired) electrons. The van der Waals surface area contributed by atoms with E-state index in [0.717, 1.165) is 12.8 Å². The van der Waals surface area contributed by atoms with E-state index in [1.54, 1.807) is 24.3 Å². The summed E-state index contributed by atoms with van der Waals surface area (Å²) in [6.07, 6.45) is 7.55. The molecule has 0 heterocycles. The summed E-state index contributed by atoms with van der Waals surface area (Å²) in [4.78, 5) is 0. The van der Waals surface area contributed by atoms with E-state index in [1.807, 2.05) is 6.07 Å². The molecule has 0 saturated carbocycles. The molecule has 0 unspecified atom stereocenters. The van der Waals surface area contributed by atoms with Crippen LogP contribution in [0.15, 0.2) is 30.3 Å². The van der Waals surface area contributed by atoms with Crippen LogP contribution in [0.1, 0.15) is 51.9 Å². The predicted molar refractivity (Wildman–Crippen MR) is 81.7 cm³/mol. The van der Waals surface area contributed by atoms with Gasteiger partial charge >= 0.3 is 29.6 Å². The average Bonchev–Trinajstić information content (AvgIpc) is 2.42. The van der Waals surface area contributed by atoms with Gasteiger partial charge in [-0.3, -0.25) is 4.18 Å². The fourth-order valence-corrected chi connectivity index (χ4v) is 1.97. The normalized spacial score (nSPS) is 10.3. The smallest absolute Gasteiger partial charge is 0.726 e. The number of hydrogen-bond acceptors (Lipinski definition) is 5. The van der Waals surface area contributed by atoms with Gasteiger partial charge in [0.05, 0.1) is 6.61 Å². The molecule has 7 heteroatoms. The van der Waals surface area contributed by atoms with Crippen molar-refractivity contribution in [2.24, 2.45) is 0 Å². The van der Waals surface area contributed by atoms with Crippen LogP contribution in [0.3, 0.4) is 0 Å². The van der Waals surface area contributed by atoms with Gasteiger partial charge in [-0.15, -0.1) is 0 Å². The van der Waals surface area contributed by atoms with Crippen LogP contribution in [0, 0.1) is 0 Å². The zero-order chi connectivity index (χ0) is 16.0. The summed E-state index contributed by atoms with van der Waals surface area (Å²) >= 11 is 0. The van der Waals surface area contributed by atoms with Gasteiger partial charge in [-0.05, 0) is 18.6 Å². The Morgan fingerprint density at radius 1 is 1.00 bits per heavy atom. The van der Waals surface area contributed by atoms with Crippen molar-refractivity contribution in [3.8, 4) is 5.75 Å². The minimum Gasteiger partial charge on any atom is -0.726 e. The molecule has 0 aliphatic heterocycles. The fourth-order valence-electron chi connectivity index (χ4n) is 1.65. The van der Waals surface area contributed by atoms with Gasteiger partial charge in [-0.25, -0.2) is 8.42 Å². The van der Waals surface area contributed by atoms with Crippen molar-refractivity contribution in [2.75, 3.05) is 6.61 Å². The Labute approximate surface area is 156 Å². The van der Waals surface area contributed by atoms with E-state index < -0.39 is 10.4 Å². The molecule has 0 spiro atoms. The molecular weight excluding hydrogens is 315 g/mol. The largest absolute Gasteiger partial charge is 1.00 e. The van der Waals surface area contributed by atoms with Crippen LogP contribution < -0.4 is 29.6 Å². The van der Waals surface area contributed by atoms with Crippen LogP contribution in [0.2, 0.25) is 0 Å². The second kappa shape index (κ2) is 15.8. The standard InChI is InChI=1S/C9H20O4S.C6H6O.Na/c1-2-3-4-5-6-7-8-9-13-14(10,11)12;7-6-4-2-1-3-5-6;/h2-9H2,1H3,(H,10,11,12);1-5,7H;/q;;+1/p-1. The van der Waals surface area contributed by atoms with E-state index in [2.05, 4.69) is 11.1 Å². The number of hydrogen-bond donors (Lipinski definition) is 1. The molecule has 0 fully saturated rings. The Bertz CT molecular complexity index is 437. The molecule has 1 aromatic carbocycles. The number of benzene rings is 1. The molecule has 22 heavy (non-hydrogen) atoms. The minimum atomic E-state index is -4.48. The Kier molecular flexibility index (Phi) is 17.3. The molecule has 5 nitrogen and oxygen atoms in total. The number of unbranched alkanes of at least 4 members (excludes halogenated alkanes) is 6. The number of para-hydroxylation sites is 1. The maximum Gasteiger partial charge on any atom is 1.00 e. The van der Waals surface area contributed by atoms with E-state index in [1.165, 1.54) is 25.7 Å². The fraction of sp³-hybridized carbons (Fsp3) is 0.600. The maximum absolute atomic E-state index is 10.0. The molecule has 0 aromatic heterocycles.